The van der Waals surface area contributed by atoms with Crippen LogP contribution in [0.25, 0.3) is 11.3 Å². The zero-order chi connectivity index (χ0) is 17.2. The number of amides is 1. The first-order valence-corrected chi connectivity index (χ1v) is 7.93. The van der Waals surface area contributed by atoms with Crippen LogP contribution in [-0.2, 0) is 4.74 Å². The maximum absolute atomic E-state index is 13.1. The van der Waals surface area contributed by atoms with Crippen LogP contribution in [-0.4, -0.2) is 45.8 Å². The number of ether oxygens (including phenoxy) is 1. The van der Waals surface area contributed by atoms with E-state index in [9.17, 15) is 4.79 Å². The van der Waals surface area contributed by atoms with Crippen LogP contribution in [0.5, 0.6) is 0 Å². The summed E-state index contributed by atoms with van der Waals surface area (Å²) >= 11 is 0. The molecule has 0 bridgehead atoms. The Morgan fingerprint density at radius 1 is 1.24 bits per heavy atom. The summed E-state index contributed by atoms with van der Waals surface area (Å²) in [6.07, 6.45) is 0.841. The molecule has 0 unspecified atom stereocenters. The monoisotopic (exact) mass is 340 g/mol. The van der Waals surface area contributed by atoms with E-state index in [1.807, 2.05) is 30.3 Å². The summed E-state index contributed by atoms with van der Waals surface area (Å²) in [4.78, 5) is 18.8. The van der Waals surface area contributed by atoms with E-state index >= 15 is 0 Å². The number of carbonyl (C=O) groups is 1. The maximum atomic E-state index is 13.1. The third-order valence-corrected chi connectivity index (χ3v) is 4.14. The van der Waals surface area contributed by atoms with Gasteiger partial charge in [0.15, 0.2) is 0 Å². The minimum atomic E-state index is -0.406. The van der Waals surface area contributed by atoms with Gasteiger partial charge < -0.3 is 18.7 Å². The van der Waals surface area contributed by atoms with Crippen LogP contribution < -0.4 is 0 Å². The number of aryl methyl sites for hydroxylation is 1. The SMILES string of the molecule is Cc1onc(-c2ccccc2)c1C(=O)N1CCO[C@@H](c2ncon2)C1. The van der Waals surface area contributed by atoms with Crippen molar-refractivity contribution >= 4 is 5.91 Å². The Kier molecular flexibility index (Phi) is 4.02. The van der Waals surface area contributed by atoms with Crippen LogP contribution in [0.4, 0.5) is 0 Å². The first kappa shape index (κ1) is 15.5. The highest BCUT2D eigenvalue weighted by molar-refractivity contribution is 6.00. The highest BCUT2D eigenvalue weighted by Crippen LogP contribution is 2.28. The topological polar surface area (TPSA) is 94.5 Å². The number of hydrogen-bond donors (Lipinski definition) is 0. The molecule has 3 heterocycles. The van der Waals surface area contributed by atoms with Gasteiger partial charge >= 0.3 is 0 Å². The number of nitrogens with zero attached hydrogens (tertiary/aromatic N) is 4. The first-order chi connectivity index (χ1) is 12.2. The van der Waals surface area contributed by atoms with Crippen molar-refractivity contribution in [1.29, 1.82) is 0 Å². The number of morpholine rings is 1. The van der Waals surface area contributed by atoms with Gasteiger partial charge in [0.2, 0.25) is 12.2 Å². The Hall–Kier alpha value is -3.00. The summed E-state index contributed by atoms with van der Waals surface area (Å²) in [5.41, 5.74) is 1.86. The molecule has 1 aliphatic heterocycles. The molecule has 4 rings (SSSR count). The van der Waals surface area contributed by atoms with Gasteiger partial charge in [-0.15, -0.1) is 0 Å². The normalized spacial score (nSPS) is 17.6. The average Bonchev–Trinajstić information content (AvgIpc) is 3.32. The van der Waals surface area contributed by atoms with Gasteiger partial charge in [-0.2, -0.15) is 4.98 Å². The minimum Gasteiger partial charge on any atom is -0.366 e. The van der Waals surface area contributed by atoms with Gasteiger partial charge in [0.1, 0.15) is 23.1 Å². The van der Waals surface area contributed by atoms with Crippen molar-refractivity contribution in [1.82, 2.24) is 20.2 Å². The van der Waals surface area contributed by atoms with E-state index in [1.165, 1.54) is 6.39 Å². The van der Waals surface area contributed by atoms with Gasteiger partial charge in [-0.25, -0.2) is 0 Å². The Morgan fingerprint density at radius 2 is 2.08 bits per heavy atom. The second kappa shape index (κ2) is 6.48. The molecule has 1 aromatic carbocycles. The molecule has 1 fully saturated rings. The molecule has 1 saturated heterocycles. The average molecular weight is 340 g/mol. The third-order valence-electron chi connectivity index (χ3n) is 4.14. The van der Waals surface area contributed by atoms with Crippen molar-refractivity contribution in [2.75, 3.05) is 19.7 Å². The summed E-state index contributed by atoms with van der Waals surface area (Å²) in [5, 5.41) is 7.88. The van der Waals surface area contributed by atoms with E-state index < -0.39 is 6.10 Å². The highest BCUT2D eigenvalue weighted by Gasteiger charge is 2.32. The van der Waals surface area contributed by atoms with E-state index in [0.29, 0.717) is 42.5 Å². The van der Waals surface area contributed by atoms with Crippen LogP contribution in [0.3, 0.4) is 0 Å². The zero-order valence-electron chi connectivity index (χ0n) is 13.6. The molecule has 1 amide bonds. The molecule has 1 atom stereocenters. The second-order valence-corrected chi connectivity index (χ2v) is 5.73. The molecule has 0 spiro atoms. The fourth-order valence-electron chi connectivity index (χ4n) is 2.89. The lowest BCUT2D eigenvalue weighted by molar-refractivity contribution is -0.0276. The fourth-order valence-corrected chi connectivity index (χ4v) is 2.89. The molecule has 0 saturated carbocycles. The van der Waals surface area contributed by atoms with Gasteiger partial charge in [-0.1, -0.05) is 40.6 Å². The van der Waals surface area contributed by atoms with Crippen molar-refractivity contribution in [2.24, 2.45) is 0 Å². The summed E-state index contributed by atoms with van der Waals surface area (Å²) < 4.78 is 15.7. The predicted molar refractivity (Wildman–Crippen MR) is 85.6 cm³/mol. The minimum absolute atomic E-state index is 0.144. The molecule has 1 aliphatic rings. The van der Waals surface area contributed by atoms with Crippen LogP contribution in [0.1, 0.15) is 28.0 Å². The molecular weight excluding hydrogens is 324 g/mol. The Bertz CT molecular complexity index is 860. The number of aromatic nitrogens is 3. The van der Waals surface area contributed by atoms with Crippen LogP contribution in [0.15, 0.2) is 45.8 Å². The van der Waals surface area contributed by atoms with Crippen LogP contribution >= 0.6 is 0 Å². The van der Waals surface area contributed by atoms with Crippen molar-refractivity contribution in [3.63, 3.8) is 0 Å². The van der Waals surface area contributed by atoms with Crippen molar-refractivity contribution in [3.8, 4) is 11.3 Å². The number of carbonyl (C=O) groups excluding carboxylic acids is 1. The highest BCUT2D eigenvalue weighted by atomic mass is 16.5. The molecule has 25 heavy (non-hydrogen) atoms. The van der Waals surface area contributed by atoms with Crippen molar-refractivity contribution in [3.05, 3.63) is 53.9 Å². The van der Waals surface area contributed by atoms with Gasteiger partial charge in [-0.05, 0) is 6.92 Å². The number of hydrogen-bond acceptors (Lipinski definition) is 7. The van der Waals surface area contributed by atoms with Crippen LogP contribution in [0, 0.1) is 6.92 Å². The molecule has 128 valence electrons. The maximum Gasteiger partial charge on any atom is 0.259 e. The third kappa shape index (κ3) is 2.91. The molecule has 8 heteroatoms. The largest absolute Gasteiger partial charge is 0.366 e. The first-order valence-electron chi connectivity index (χ1n) is 7.93. The zero-order valence-corrected chi connectivity index (χ0v) is 13.6. The van der Waals surface area contributed by atoms with Gasteiger partial charge in [0.05, 0.1) is 13.2 Å². The lowest BCUT2D eigenvalue weighted by atomic mass is 10.0. The van der Waals surface area contributed by atoms with E-state index in [2.05, 4.69) is 15.3 Å². The summed E-state index contributed by atoms with van der Waals surface area (Å²) in [6, 6.07) is 9.50. The Labute approximate surface area is 143 Å². The standard InChI is InChI=1S/C17H16N4O4/c1-11-14(15(19-25-11)12-5-3-2-4-6-12)17(22)21-7-8-23-13(9-21)16-18-10-24-20-16/h2-6,10,13H,7-9H2,1H3/t13-/m1/s1. The summed E-state index contributed by atoms with van der Waals surface area (Å²) in [7, 11) is 0. The van der Waals surface area contributed by atoms with E-state index in [4.69, 9.17) is 13.8 Å². The van der Waals surface area contributed by atoms with Gasteiger partial charge in [0.25, 0.3) is 5.91 Å². The molecule has 0 N–H and O–H groups in total. The summed E-state index contributed by atoms with van der Waals surface area (Å²) in [5.74, 6) is 0.781. The van der Waals surface area contributed by atoms with Crippen LogP contribution in [0.2, 0.25) is 0 Å². The van der Waals surface area contributed by atoms with Gasteiger partial charge in [0, 0.05) is 12.1 Å². The van der Waals surface area contributed by atoms with Crippen molar-refractivity contribution < 1.29 is 18.6 Å². The van der Waals surface area contributed by atoms with E-state index in [0.717, 1.165) is 5.56 Å². The van der Waals surface area contributed by atoms with E-state index in [-0.39, 0.29) is 5.91 Å². The molecule has 3 aromatic rings. The Balaban J connectivity index is 1.62. The lowest BCUT2D eigenvalue weighted by Gasteiger charge is -2.31. The molecule has 0 radical (unpaired) electrons. The fraction of sp³-hybridized carbons (Fsp3) is 0.294. The molecule has 8 nitrogen and oxygen atoms in total. The quantitative estimate of drug-likeness (QED) is 0.721. The molecule has 2 aromatic heterocycles. The molecule has 0 aliphatic carbocycles. The predicted octanol–water partition coefficient (Wildman–Crippen LogP) is 2.25. The number of benzene rings is 1. The van der Waals surface area contributed by atoms with Crippen molar-refractivity contribution in [2.45, 2.75) is 13.0 Å². The summed E-state index contributed by atoms with van der Waals surface area (Å²) in [6.45, 7) is 2.96. The number of rotatable bonds is 3. The van der Waals surface area contributed by atoms with E-state index in [1.54, 1.807) is 11.8 Å². The molecular formula is C17H16N4O4. The Morgan fingerprint density at radius 3 is 2.84 bits per heavy atom. The second-order valence-electron chi connectivity index (χ2n) is 5.73. The smallest absolute Gasteiger partial charge is 0.259 e. The van der Waals surface area contributed by atoms with Gasteiger partial charge in [-0.3, -0.25) is 4.79 Å². The lowest BCUT2D eigenvalue weighted by Crippen LogP contribution is -2.42.